The molecule has 2 aromatic rings. The van der Waals surface area contributed by atoms with Crippen molar-refractivity contribution in [2.24, 2.45) is 17.3 Å². The smallest absolute Gasteiger partial charge is 0.306 e. The van der Waals surface area contributed by atoms with E-state index in [4.69, 9.17) is 4.74 Å². The first-order valence-electron chi connectivity index (χ1n) is 9.72. The maximum atomic E-state index is 12.3. The second-order valence-corrected chi connectivity index (χ2v) is 8.48. The average molecular weight is 366 g/mol. The Hall–Kier alpha value is -2.43. The zero-order valence-corrected chi connectivity index (χ0v) is 16.0. The second kappa shape index (κ2) is 6.63. The second-order valence-electron chi connectivity index (χ2n) is 8.48. The molecule has 3 saturated carbocycles. The van der Waals surface area contributed by atoms with E-state index in [1.165, 1.54) is 6.42 Å². The summed E-state index contributed by atoms with van der Waals surface area (Å²) >= 11 is 0. The van der Waals surface area contributed by atoms with Gasteiger partial charge in [-0.05, 0) is 54.2 Å². The zero-order chi connectivity index (χ0) is 19.2. The molecule has 0 aliphatic heterocycles. The van der Waals surface area contributed by atoms with E-state index in [9.17, 15) is 9.59 Å². The van der Waals surface area contributed by atoms with Gasteiger partial charge in [0.25, 0.3) is 5.56 Å². The molecule has 1 N–H and O–H groups in total. The fraction of sp³-hybridized carbons (Fsp3) is 0.500. The molecule has 2 bridgehead atoms. The van der Waals surface area contributed by atoms with Crippen LogP contribution in [0.15, 0.2) is 41.2 Å². The zero-order valence-electron chi connectivity index (χ0n) is 16.0. The predicted octanol–water partition coefficient (Wildman–Crippen LogP) is 3.78. The lowest BCUT2D eigenvalue weighted by atomic mass is 9.47. The van der Waals surface area contributed by atoms with Gasteiger partial charge in [0.05, 0.1) is 10.9 Å². The molecular formula is C22H26N2O3. The van der Waals surface area contributed by atoms with Crippen LogP contribution < -0.4 is 5.56 Å². The third-order valence-corrected chi connectivity index (χ3v) is 6.56. The summed E-state index contributed by atoms with van der Waals surface area (Å²) < 4.78 is 5.70. The molecule has 0 amide bonds. The number of fused-ring (bicyclic) bond motifs is 3. The molecule has 1 aromatic carbocycles. The number of aromatic nitrogens is 2. The Balaban J connectivity index is 1.30. The quantitative estimate of drug-likeness (QED) is 0.646. The lowest BCUT2D eigenvalue weighted by Crippen LogP contribution is -2.54. The standard InChI is InChI=1S/C22H26N2O3/c1-13-16-11-14(22(16,2)3)12-18(13)27-20(25)10-6-9-19-23-17-8-5-4-7-15(17)21(26)24-19/h4-5,7-8,14,16,18H,1,6,9-12H2,2-3H3,(H,23,24,26)/t14-,16+,18+/m1/s1. The van der Waals surface area contributed by atoms with Crippen molar-refractivity contribution >= 4 is 16.9 Å². The van der Waals surface area contributed by atoms with Crippen molar-refractivity contribution in [2.45, 2.75) is 52.1 Å². The number of aryl methyl sites for hydroxylation is 1. The van der Waals surface area contributed by atoms with Crippen molar-refractivity contribution in [2.75, 3.05) is 0 Å². The summed E-state index contributed by atoms with van der Waals surface area (Å²) in [5.74, 6) is 1.51. The van der Waals surface area contributed by atoms with Crippen LogP contribution in [0.5, 0.6) is 0 Å². The monoisotopic (exact) mass is 366 g/mol. The van der Waals surface area contributed by atoms with Gasteiger partial charge in [0.1, 0.15) is 11.9 Å². The SMILES string of the molecule is C=C1[C@@H](OC(=O)CCCc2nc3ccccc3c(=O)[nH]2)C[C@H]2C[C@@H]1C2(C)C. The highest BCUT2D eigenvalue weighted by Crippen LogP contribution is 2.61. The minimum Gasteiger partial charge on any atom is -0.458 e. The van der Waals surface area contributed by atoms with Gasteiger partial charge in [-0.15, -0.1) is 0 Å². The van der Waals surface area contributed by atoms with E-state index in [1.54, 1.807) is 6.07 Å². The number of hydrogen-bond donors (Lipinski definition) is 1. The summed E-state index contributed by atoms with van der Waals surface area (Å²) in [6.07, 6.45) is 3.40. The number of benzene rings is 1. The predicted molar refractivity (Wildman–Crippen MR) is 104 cm³/mol. The Morgan fingerprint density at radius 2 is 2.11 bits per heavy atom. The van der Waals surface area contributed by atoms with Gasteiger partial charge in [-0.25, -0.2) is 4.98 Å². The van der Waals surface area contributed by atoms with Crippen molar-refractivity contribution in [3.8, 4) is 0 Å². The van der Waals surface area contributed by atoms with E-state index in [1.807, 2.05) is 18.2 Å². The Labute approximate surface area is 158 Å². The molecule has 5 rings (SSSR count). The summed E-state index contributed by atoms with van der Waals surface area (Å²) in [5, 5.41) is 0.581. The van der Waals surface area contributed by atoms with E-state index < -0.39 is 0 Å². The molecule has 27 heavy (non-hydrogen) atoms. The van der Waals surface area contributed by atoms with Gasteiger partial charge in [0, 0.05) is 12.8 Å². The molecular weight excluding hydrogens is 340 g/mol. The van der Waals surface area contributed by atoms with Crippen molar-refractivity contribution in [3.05, 3.63) is 52.6 Å². The number of ether oxygens (including phenoxy) is 1. The average Bonchev–Trinajstić information content (AvgIpc) is 2.63. The highest BCUT2D eigenvalue weighted by molar-refractivity contribution is 5.77. The van der Waals surface area contributed by atoms with Gasteiger partial charge in [0.15, 0.2) is 0 Å². The number of nitrogens with zero attached hydrogens (tertiary/aromatic N) is 1. The summed E-state index contributed by atoms with van der Waals surface area (Å²) in [7, 11) is 0. The van der Waals surface area contributed by atoms with Crippen LogP contribution in [0.4, 0.5) is 0 Å². The molecule has 0 radical (unpaired) electrons. The van der Waals surface area contributed by atoms with Gasteiger partial charge in [-0.1, -0.05) is 32.6 Å². The summed E-state index contributed by atoms with van der Waals surface area (Å²) in [6.45, 7) is 8.77. The van der Waals surface area contributed by atoms with Crippen LogP contribution in [0.2, 0.25) is 0 Å². The van der Waals surface area contributed by atoms with Crippen molar-refractivity contribution in [3.63, 3.8) is 0 Å². The maximum absolute atomic E-state index is 12.3. The molecule has 3 aliphatic rings. The third-order valence-electron chi connectivity index (χ3n) is 6.56. The van der Waals surface area contributed by atoms with Crippen molar-refractivity contribution in [1.29, 1.82) is 0 Å². The Morgan fingerprint density at radius 3 is 2.85 bits per heavy atom. The van der Waals surface area contributed by atoms with E-state index in [0.29, 0.717) is 53.2 Å². The van der Waals surface area contributed by atoms with Gasteiger partial charge in [-0.2, -0.15) is 0 Å². The summed E-state index contributed by atoms with van der Waals surface area (Å²) in [4.78, 5) is 31.6. The Kier molecular flexibility index (Phi) is 4.41. The van der Waals surface area contributed by atoms with E-state index >= 15 is 0 Å². The molecule has 142 valence electrons. The molecule has 3 atom stereocenters. The van der Waals surface area contributed by atoms with Gasteiger partial charge < -0.3 is 9.72 Å². The number of nitrogens with one attached hydrogen (secondary N) is 1. The fourth-order valence-corrected chi connectivity index (χ4v) is 4.67. The maximum Gasteiger partial charge on any atom is 0.306 e. The van der Waals surface area contributed by atoms with Gasteiger partial charge in [0.2, 0.25) is 0 Å². The molecule has 0 saturated heterocycles. The summed E-state index contributed by atoms with van der Waals surface area (Å²) in [5.41, 5.74) is 1.92. The lowest BCUT2D eigenvalue weighted by Gasteiger charge is -2.59. The molecule has 1 heterocycles. The lowest BCUT2D eigenvalue weighted by molar-refractivity contribution is -0.156. The summed E-state index contributed by atoms with van der Waals surface area (Å²) in [6, 6.07) is 7.26. The molecule has 3 fully saturated rings. The molecule has 0 unspecified atom stereocenters. The van der Waals surface area contributed by atoms with E-state index in [-0.39, 0.29) is 17.6 Å². The number of aromatic amines is 1. The number of hydrogen-bond acceptors (Lipinski definition) is 4. The molecule has 5 heteroatoms. The molecule has 5 nitrogen and oxygen atoms in total. The third kappa shape index (κ3) is 3.20. The minimum atomic E-state index is -0.191. The van der Waals surface area contributed by atoms with Crippen LogP contribution >= 0.6 is 0 Å². The normalized spacial score (nSPS) is 25.9. The highest BCUT2D eigenvalue weighted by atomic mass is 16.5. The number of rotatable bonds is 5. The first-order chi connectivity index (χ1) is 12.9. The van der Waals surface area contributed by atoms with Crippen LogP contribution in [0, 0.1) is 17.3 Å². The fourth-order valence-electron chi connectivity index (χ4n) is 4.67. The molecule has 3 aliphatic carbocycles. The number of esters is 1. The largest absolute Gasteiger partial charge is 0.458 e. The minimum absolute atomic E-state index is 0.132. The first kappa shape index (κ1) is 18.0. The van der Waals surface area contributed by atoms with Crippen LogP contribution in [0.3, 0.4) is 0 Å². The molecule has 1 aromatic heterocycles. The van der Waals surface area contributed by atoms with Crippen molar-refractivity contribution < 1.29 is 9.53 Å². The van der Waals surface area contributed by atoms with Crippen LogP contribution in [-0.2, 0) is 16.0 Å². The number of H-pyrrole nitrogens is 1. The topological polar surface area (TPSA) is 72.0 Å². The van der Waals surface area contributed by atoms with E-state index in [2.05, 4.69) is 30.4 Å². The highest BCUT2D eigenvalue weighted by Gasteiger charge is 2.55. The number of carbonyl (C=O) groups is 1. The van der Waals surface area contributed by atoms with Gasteiger partial charge >= 0.3 is 5.97 Å². The first-order valence-corrected chi connectivity index (χ1v) is 9.72. The Bertz CT molecular complexity index is 959. The molecule has 0 spiro atoms. The van der Waals surface area contributed by atoms with Crippen LogP contribution in [0.25, 0.3) is 10.9 Å². The van der Waals surface area contributed by atoms with Crippen LogP contribution in [0.1, 0.15) is 45.4 Å². The number of para-hydroxylation sites is 1. The van der Waals surface area contributed by atoms with Gasteiger partial charge in [-0.3, -0.25) is 9.59 Å². The number of carbonyl (C=O) groups excluding carboxylic acids is 1. The van der Waals surface area contributed by atoms with E-state index in [0.717, 1.165) is 12.0 Å². The van der Waals surface area contributed by atoms with Crippen LogP contribution in [-0.4, -0.2) is 22.0 Å². The van der Waals surface area contributed by atoms with Crippen molar-refractivity contribution in [1.82, 2.24) is 9.97 Å². The Morgan fingerprint density at radius 1 is 1.33 bits per heavy atom.